The van der Waals surface area contributed by atoms with Crippen LogP contribution in [-0.2, 0) is 11.2 Å². The molecule has 0 saturated heterocycles. The number of anilines is 1. The van der Waals surface area contributed by atoms with Gasteiger partial charge in [-0.25, -0.2) is 0 Å². The van der Waals surface area contributed by atoms with Crippen LogP contribution in [0.4, 0.5) is 5.82 Å². The molecule has 0 radical (unpaired) electrons. The van der Waals surface area contributed by atoms with Gasteiger partial charge in [-0.2, -0.15) is 10.1 Å². The van der Waals surface area contributed by atoms with Gasteiger partial charge >= 0.3 is 0 Å². The van der Waals surface area contributed by atoms with Crippen molar-refractivity contribution in [3.05, 3.63) is 23.5 Å². The van der Waals surface area contributed by atoms with E-state index in [0.717, 1.165) is 5.69 Å². The number of carbonyl (C=O) groups is 1. The Bertz CT molecular complexity index is 516. The maximum absolute atomic E-state index is 11.5. The van der Waals surface area contributed by atoms with Crippen molar-refractivity contribution in [2.75, 3.05) is 5.32 Å². The summed E-state index contributed by atoms with van der Waals surface area (Å²) >= 11 is 0. The van der Waals surface area contributed by atoms with Crippen LogP contribution in [0.2, 0.25) is 0 Å². The Morgan fingerprint density at radius 2 is 2.35 bits per heavy atom. The van der Waals surface area contributed by atoms with Gasteiger partial charge in [0.15, 0.2) is 11.6 Å². The van der Waals surface area contributed by atoms with Crippen LogP contribution in [0.3, 0.4) is 0 Å². The molecule has 0 aliphatic rings. The molecule has 0 aliphatic carbocycles. The largest absolute Gasteiger partial charge is 0.339 e. The third kappa shape index (κ3) is 3.13. The lowest BCUT2D eigenvalue weighted by atomic mass is 10.3. The molecule has 0 aliphatic heterocycles. The molecule has 0 fully saturated rings. The smallest absolute Gasteiger partial charge is 0.227 e. The second kappa shape index (κ2) is 4.77. The summed E-state index contributed by atoms with van der Waals surface area (Å²) in [6.45, 7) is 3.60. The molecule has 7 heteroatoms. The van der Waals surface area contributed by atoms with Gasteiger partial charge in [-0.15, -0.1) is 0 Å². The van der Waals surface area contributed by atoms with Crippen LogP contribution in [0.1, 0.15) is 23.8 Å². The number of carbonyl (C=O) groups excluding carboxylic acids is 1. The molecule has 0 atom stereocenters. The normalized spacial score (nSPS) is 10.5. The Labute approximate surface area is 97.6 Å². The van der Waals surface area contributed by atoms with E-state index >= 15 is 0 Å². The van der Waals surface area contributed by atoms with Crippen molar-refractivity contribution < 1.29 is 9.32 Å². The summed E-state index contributed by atoms with van der Waals surface area (Å²) in [5.41, 5.74) is 0.896. The fraction of sp³-hybridized carbons (Fsp3) is 0.400. The molecule has 2 aromatic heterocycles. The van der Waals surface area contributed by atoms with E-state index in [0.29, 0.717) is 24.0 Å². The Morgan fingerprint density at radius 1 is 1.53 bits per heavy atom. The van der Waals surface area contributed by atoms with Crippen LogP contribution >= 0.6 is 0 Å². The highest BCUT2D eigenvalue weighted by Crippen LogP contribution is 2.06. The molecule has 2 rings (SSSR count). The van der Waals surface area contributed by atoms with Crippen molar-refractivity contribution >= 4 is 11.7 Å². The van der Waals surface area contributed by atoms with E-state index in [1.165, 1.54) is 0 Å². The molecule has 0 bridgehead atoms. The maximum Gasteiger partial charge on any atom is 0.227 e. The molecule has 2 heterocycles. The number of H-pyrrole nitrogens is 1. The molecule has 2 aromatic rings. The van der Waals surface area contributed by atoms with Crippen molar-refractivity contribution in [3.8, 4) is 0 Å². The van der Waals surface area contributed by atoms with E-state index in [1.54, 1.807) is 13.0 Å². The van der Waals surface area contributed by atoms with Gasteiger partial charge in [0.25, 0.3) is 0 Å². The fourth-order valence-electron chi connectivity index (χ4n) is 1.35. The average molecular weight is 235 g/mol. The Hall–Kier alpha value is -2.18. The van der Waals surface area contributed by atoms with Crippen molar-refractivity contribution in [2.24, 2.45) is 0 Å². The minimum atomic E-state index is -0.132. The van der Waals surface area contributed by atoms with Gasteiger partial charge in [0.2, 0.25) is 11.8 Å². The first-order valence-corrected chi connectivity index (χ1v) is 5.24. The first kappa shape index (κ1) is 11.3. The molecule has 0 unspecified atom stereocenters. The van der Waals surface area contributed by atoms with Crippen molar-refractivity contribution in [2.45, 2.75) is 26.7 Å². The first-order valence-electron chi connectivity index (χ1n) is 5.24. The zero-order chi connectivity index (χ0) is 12.3. The molecular formula is C10H13N5O2. The van der Waals surface area contributed by atoms with Crippen molar-refractivity contribution in [3.63, 3.8) is 0 Å². The minimum absolute atomic E-state index is 0.132. The number of nitrogens with zero attached hydrogens (tertiary/aromatic N) is 3. The monoisotopic (exact) mass is 235 g/mol. The van der Waals surface area contributed by atoms with E-state index in [1.807, 2.05) is 6.92 Å². The lowest BCUT2D eigenvalue weighted by Crippen LogP contribution is -2.12. The summed E-state index contributed by atoms with van der Waals surface area (Å²) in [4.78, 5) is 15.6. The lowest BCUT2D eigenvalue weighted by Gasteiger charge is -1.98. The topological polar surface area (TPSA) is 96.7 Å². The summed E-state index contributed by atoms with van der Waals surface area (Å²) in [7, 11) is 0. The molecule has 17 heavy (non-hydrogen) atoms. The van der Waals surface area contributed by atoms with Gasteiger partial charge in [0.05, 0.1) is 0 Å². The molecule has 1 amide bonds. The van der Waals surface area contributed by atoms with Gasteiger partial charge in [0, 0.05) is 24.6 Å². The molecule has 90 valence electrons. The minimum Gasteiger partial charge on any atom is -0.339 e. The first-order chi connectivity index (χ1) is 8.13. The number of aromatic amines is 1. The van der Waals surface area contributed by atoms with Crippen molar-refractivity contribution in [1.29, 1.82) is 0 Å². The summed E-state index contributed by atoms with van der Waals surface area (Å²) in [5, 5.41) is 13.0. The molecular weight excluding hydrogens is 222 g/mol. The van der Waals surface area contributed by atoms with Crippen LogP contribution in [-0.4, -0.2) is 26.2 Å². The maximum atomic E-state index is 11.5. The molecule has 0 spiro atoms. The second-order valence-electron chi connectivity index (χ2n) is 3.72. The van der Waals surface area contributed by atoms with Crippen LogP contribution in [0.15, 0.2) is 10.6 Å². The molecule has 0 saturated carbocycles. The Morgan fingerprint density at radius 3 is 2.94 bits per heavy atom. The third-order valence-corrected chi connectivity index (χ3v) is 2.11. The molecule has 7 nitrogen and oxygen atoms in total. The van der Waals surface area contributed by atoms with Crippen molar-refractivity contribution in [1.82, 2.24) is 20.3 Å². The SMILES string of the molecule is Cc1noc(CCC(=O)Nc2cc(C)[nH]n2)n1. The van der Waals surface area contributed by atoms with E-state index in [4.69, 9.17) is 4.52 Å². The Kier molecular flexibility index (Phi) is 3.17. The second-order valence-corrected chi connectivity index (χ2v) is 3.72. The quantitative estimate of drug-likeness (QED) is 0.823. The summed E-state index contributed by atoms with van der Waals surface area (Å²) in [5.74, 6) is 1.43. The molecule has 0 aromatic carbocycles. The van der Waals surface area contributed by atoms with E-state index in [9.17, 15) is 4.79 Å². The van der Waals surface area contributed by atoms with Gasteiger partial charge in [0.1, 0.15) is 0 Å². The number of hydrogen-bond donors (Lipinski definition) is 2. The van der Waals surface area contributed by atoms with E-state index in [-0.39, 0.29) is 12.3 Å². The van der Waals surface area contributed by atoms with Gasteiger partial charge in [-0.1, -0.05) is 5.16 Å². The molecule has 2 N–H and O–H groups in total. The number of rotatable bonds is 4. The van der Waals surface area contributed by atoms with Crippen LogP contribution < -0.4 is 5.32 Å². The number of nitrogens with one attached hydrogen (secondary N) is 2. The summed E-state index contributed by atoms with van der Waals surface area (Å²) < 4.78 is 4.91. The Balaban J connectivity index is 1.82. The fourth-order valence-corrected chi connectivity index (χ4v) is 1.35. The highest BCUT2D eigenvalue weighted by atomic mass is 16.5. The van der Waals surface area contributed by atoms with E-state index in [2.05, 4.69) is 25.7 Å². The van der Waals surface area contributed by atoms with Gasteiger partial charge < -0.3 is 9.84 Å². The summed E-state index contributed by atoms with van der Waals surface area (Å²) in [6.07, 6.45) is 0.712. The standard InChI is InChI=1S/C10H13N5O2/c1-6-5-8(14-13-6)12-9(16)3-4-10-11-7(2)15-17-10/h5H,3-4H2,1-2H3,(H2,12,13,14,16). The van der Waals surface area contributed by atoms with Crippen LogP contribution in [0.5, 0.6) is 0 Å². The predicted molar refractivity (Wildman–Crippen MR) is 59.3 cm³/mol. The summed E-state index contributed by atoms with van der Waals surface area (Å²) in [6, 6.07) is 1.76. The third-order valence-electron chi connectivity index (χ3n) is 2.11. The number of aromatic nitrogens is 4. The number of hydrogen-bond acceptors (Lipinski definition) is 5. The predicted octanol–water partition coefficient (Wildman–Crippen LogP) is 0.981. The zero-order valence-corrected chi connectivity index (χ0v) is 9.65. The zero-order valence-electron chi connectivity index (χ0n) is 9.65. The van der Waals surface area contributed by atoms with Crippen LogP contribution in [0.25, 0.3) is 0 Å². The number of aryl methyl sites for hydroxylation is 3. The number of amides is 1. The highest BCUT2D eigenvalue weighted by Gasteiger charge is 2.08. The van der Waals surface area contributed by atoms with Crippen LogP contribution in [0, 0.1) is 13.8 Å². The van der Waals surface area contributed by atoms with Gasteiger partial charge in [-0.05, 0) is 13.8 Å². The highest BCUT2D eigenvalue weighted by molar-refractivity contribution is 5.89. The average Bonchev–Trinajstić information content (AvgIpc) is 2.85. The van der Waals surface area contributed by atoms with Gasteiger partial charge in [-0.3, -0.25) is 9.89 Å². The van der Waals surface area contributed by atoms with E-state index < -0.39 is 0 Å². The lowest BCUT2D eigenvalue weighted by molar-refractivity contribution is -0.116.